The number of halogens is 1. The number of hydrogen-bond donors (Lipinski definition) is 4. The van der Waals surface area contributed by atoms with Crippen molar-refractivity contribution < 1.29 is 32.6 Å². The smallest absolute Gasteiger partial charge is 0.328 e. The Morgan fingerprint density at radius 1 is 1.22 bits per heavy atom. The maximum absolute atomic E-state index is 13.3. The number of ether oxygens (including phenoxy) is 2. The molecule has 0 aliphatic carbocycles. The molecule has 14 heteroatoms. The lowest BCUT2D eigenvalue weighted by atomic mass is 10.1. The largest absolute Gasteiger partial charge is 0.480 e. The van der Waals surface area contributed by atoms with Crippen LogP contribution in [0.15, 0.2) is 46.3 Å². The van der Waals surface area contributed by atoms with E-state index in [1.807, 2.05) is 0 Å². The van der Waals surface area contributed by atoms with Crippen LogP contribution < -0.4 is 26.4 Å². The van der Waals surface area contributed by atoms with Crippen LogP contribution in [0, 0.1) is 6.92 Å². The number of carboxylic acid groups (broad SMARTS) is 1. The number of sulfone groups is 1. The van der Waals surface area contributed by atoms with E-state index in [-0.39, 0.29) is 48.6 Å². The van der Waals surface area contributed by atoms with Gasteiger partial charge in [-0.15, -0.1) is 0 Å². The highest BCUT2D eigenvalue weighted by Gasteiger charge is 2.33. The number of nitrogens with one attached hydrogen (secondary N) is 1. The minimum Gasteiger partial charge on any atom is -0.480 e. The predicted octanol–water partition coefficient (Wildman–Crippen LogP) is 1.19. The van der Waals surface area contributed by atoms with Gasteiger partial charge < -0.3 is 26.0 Å². The Balaban J connectivity index is 1.85. The lowest BCUT2D eigenvalue weighted by Crippen LogP contribution is -2.54. The third-order valence-corrected chi connectivity index (χ3v) is 7.70. The third kappa shape index (κ3) is 7.24. The van der Waals surface area contributed by atoms with Crippen molar-refractivity contribution in [2.45, 2.75) is 37.2 Å². The monoisotopic (exact) mass is 553 g/mol. The van der Waals surface area contributed by atoms with Crippen LogP contribution in [0.4, 0.5) is 0 Å². The number of aliphatic imine (C=N–C) groups is 1. The van der Waals surface area contributed by atoms with E-state index in [2.05, 4.69) is 10.4 Å². The van der Waals surface area contributed by atoms with Crippen LogP contribution in [-0.4, -0.2) is 61.5 Å². The molecule has 3 rings (SSSR count). The average Bonchev–Trinajstić information content (AvgIpc) is 3.29. The van der Waals surface area contributed by atoms with E-state index in [1.165, 1.54) is 25.1 Å². The van der Waals surface area contributed by atoms with Crippen molar-refractivity contribution in [1.29, 1.82) is 0 Å². The molecule has 0 aromatic heterocycles. The minimum atomic E-state index is -4.14. The molecule has 2 aromatic carbocycles. The van der Waals surface area contributed by atoms with Gasteiger partial charge in [-0.1, -0.05) is 23.7 Å². The van der Waals surface area contributed by atoms with E-state index in [1.54, 1.807) is 18.2 Å². The van der Waals surface area contributed by atoms with Gasteiger partial charge in [0, 0.05) is 18.1 Å². The van der Waals surface area contributed by atoms with E-state index in [4.69, 9.17) is 32.5 Å². The molecule has 0 saturated heterocycles. The molecular weight excluding hydrogens is 526 g/mol. The number of carbonyl (C=O) groups is 2. The van der Waals surface area contributed by atoms with Crippen LogP contribution >= 0.6 is 11.6 Å². The lowest BCUT2D eigenvalue weighted by Gasteiger charge is -2.29. The average molecular weight is 554 g/mol. The van der Waals surface area contributed by atoms with Crippen LogP contribution in [-0.2, 0) is 26.0 Å². The summed E-state index contributed by atoms with van der Waals surface area (Å²) in [5.74, 6) is -2.34. The Kier molecular flexibility index (Phi) is 9.18. The van der Waals surface area contributed by atoms with E-state index >= 15 is 0 Å². The molecule has 37 heavy (non-hydrogen) atoms. The highest BCUT2D eigenvalue weighted by Crippen LogP contribution is 2.32. The molecule has 0 unspecified atom stereocenters. The Morgan fingerprint density at radius 3 is 2.65 bits per heavy atom. The van der Waals surface area contributed by atoms with Crippen molar-refractivity contribution in [3.05, 3.63) is 52.5 Å². The number of amides is 1. The number of hydrazine groups is 1. The van der Waals surface area contributed by atoms with Crippen LogP contribution in [0.1, 0.15) is 24.0 Å². The maximum Gasteiger partial charge on any atom is 0.328 e. The van der Waals surface area contributed by atoms with Gasteiger partial charge in [-0.2, -0.15) is 0 Å². The van der Waals surface area contributed by atoms with Crippen molar-refractivity contribution in [3.8, 4) is 11.5 Å². The minimum absolute atomic E-state index is 0.0102. The summed E-state index contributed by atoms with van der Waals surface area (Å²) in [5, 5.41) is 11.0. The number of guanidine groups is 1. The molecule has 1 atom stereocenters. The highest BCUT2D eigenvalue weighted by molar-refractivity contribution is 7.92. The summed E-state index contributed by atoms with van der Waals surface area (Å²) in [6, 6.07) is 8.02. The number of nitrogens with two attached hydrogens (primary N) is 2. The second kappa shape index (κ2) is 12.1. The van der Waals surface area contributed by atoms with Gasteiger partial charge in [-0.25, -0.2) is 18.6 Å². The maximum atomic E-state index is 13.3. The van der Waals surface area contributed by atoms with Gasteiger partial charge >= 0.3 is 5.97 Å². The number of carbonyl (C=O) groups excluding carboxylic acids is 1. The summed E-state index contributed by atoms with van der Waals surface area (Å²) in [4.78, 5) is 29.2. The fourth-order valence-corrected chi connectivity index (χ4v) is 5.40. The molecule has 200 valence electrons. The predicted molar refractivity (Wildman–Crippen MR) is 136 cm³/mol. The fraction of sp³-hybridized carbons (Fsp3) is 0.348. The van der Waals surface area contributed by atoms with Crippen LogP contribution in [0.25, 0.3) is 0 Å². The topological polar surface area (TPSA) is 187 Å². The quantitative estimate of drug-likeness (QED) is 0.129. The molecule has 1 amide bonds. The first-order valence-electron chi connectivity index (χ1n) is 11.2. The third-order valence-electron chi connectivity index (χ3n) is 5.55. The van der Waals surface area contributed by atoms with E-state index in [0.717, 1.165) is 5.01 Å². The molecule has 1 aliphatic rings. The van der Waals surface area contributed by atoms with Gasteiger partial charge in [-0.05, 0) is 55.2 Å². The molecule has 0 spiro atoms. The number of rotatable bonds is 12. The number of carboxylic acids is 1. The highest BCUT2D eigenvalue weighted by atomic mass is 35.5. The van der Waals surface area contributed by atoms with Crippen molar-refractivity contribution in [3.63, 3.8) is 0 Å². The molecular formula is C23H28ClN5O7S. The zero-order chi connectivity index (χ0) is 27.2. The van der Waals surface area contributed by atoms with Crippen molar-refractivity contribution in [2.24, 2.45) is 16.5 Å². The lowest BCUT2D eigenvalue weighted by molar-refractivity contribution is -0.152. The van der Waals surface area contributed by atoms with Gasteiger partial charge in [0.1, 0.15) is 11.8 Å². The van der Waals surface area contributed by atoms with Gasteiger partial charge in [0.05, 0.1) is 4.90 Å². The second-order valence-corrected chi connectivity index (χ2v) is 10.6. The molecule has 0 radical (unpaired) electrons. The number of benzene rings is 2. The number of aliphatic carboxylic acids is 1. The van der Waals surface area contributed by atoms with Crippen molar-refractivity contribution in [1.82, 2.24) is 10.4 Å². The fourth-order valence-electron chi connectivity index (χ4n) is 3.69. The molecule has 6 N–H and O–H groups in total. The summed E-state index contributed by atoms with van der Waals surface area (Å²) in [6.07, 6.45) is 0.187. The summed E-state index contributed by atoms with van der Waals surface area (Å²) in [6.45, 7) is 1.75. The first-order valence-corrected chi connectivity index (χ1v) is 13.2. The van der Waals surface area contributed by atoms with Crippen LogP contribution in [0.3, 0.4) is 0 Å². The van der Waals surface area contributed by atoms with E-state index in [0.29, 0.717) is 22.6 Å². The molecule has 12 nitrogen and oxygen atoms in total. The van der Waals surface area contributed by atoms with Crippen LogP contribution in [0.2, 0.25) is 5.02 Å². The first kappa shape index (κ1) is 28.0. The number of hydrogen-bond acceptors (Lipinski definition) is 8. The van der Waals surface area contributed by atoms with Crippen molar-refractivity contribution >= 4 is 39.3 Å². The van der Waals surface area contributed by atoms with Gasteiger partial charge in [0.2, 0.25) is 6.79 Å². The van der Waals surface area contributed by atoms with Gasteiger partial charge in [0.15, 0.2) is 27.3 Å². The number of nitrogens with zero attached hydrogens (tertiary/aromatic N) is 2. The van der Waals surface area contributed by atoms with Crippen LogP contribution in [0.5, 0.6) is 11.5 Å². The van der Waals surface area contributed by atoms with Crippen molar-refractivity contribution in [2.75, 3.05) is 19.1 Å². The summed E-state index contributed by atoms with van der Waals surface area (Å²) in [7, 11) is -4.14. The summed E-state index contributed by atoms with van der Waals surface area (Å²) < 4.78 is 36.8. The van der Waals surface area contributed by atoms with E-state index in [9.17, 15) is 23.1 Å². The Hall–Kier alpha value is -3.55. The SMILES string of the molecule is Cc1c(Cl)cccc1S(=O)(=O)CC(=O)N(NCc1ccc2c(c1)OCO2)[C@@H](CCCN=C(N)N)C(=O)O. The Labute approximate surface area is 219 Å². The first-order chi connectivity index (χ1) is 17.5. The normalized spacial score (nSPS) is 13.1. The molecule has 0 fully saturated rings. The van der Waals surface area contributed by atoms with Gasteiger partial charge in [-0.3, -0.25) is 14.8 Å². The molecule has 1 heterocycles. The molecule has 0 bridgehead atoms. The second-order valence-electron chi connectivity index (χ2n) is 8.21. The Bertz CT molecular complexity index is 1300. The zero-order valence-electron chi connectivity index (χ0n) is 20.0. The Morgan fingerprint density at radius 2 is 1.95 bits per heavy atom. The standard InChI is InChI=1S/C23H28ClN5O7S/c1-14-16(24)4-2-6-20(14)37(33,34)12-21(30)29(17(22(31)32)5-3-9-27-23(25)26)28-11-15-7-8-18-19(10-15)36-13-35-18/h2,4,6-8,10,17,28H,3,5,9,11-13H2,1H3,(H,31,32)(H4,25,26,27)/t17-/m0/s1. The zero-order valence-corrected chi connectivity index (χ0v) is 21.6. The van der Waals surface area contributed by atoms with E-state index < -0.39 is 33.5 Å². The summed E-state index contributed by atoms with van der Waals surface area (Å²) in [5.41, 5.74) is 14.4. The summed E-state index contributed by atoms with van der Waals surface area (Å²) >= 11 is 6.06. The molecule has 0 saturated carbocycles. The van der Waals surface area contributed by atoms with Gasteiger partial charge in [0.25, 0.3) is 5.91 Å². The molecule has 1 aliphatic heterocycles. The molecule has 2 aromatic rings. The number of fused-ring (bicyclic) bond motifs is 1.